The van der Waals surface area contributed by atoms with E-state index in [0.29, 0.717) is 37.1 Å². The number of thiazole rings is 1. The van der Waals surface area contributed by atoms with Crippen LogP contribution in [0.5, 0.6) is 5.75 Å². The number of amides is 1. The summed E-state index contributed by atoms with van der Waals surface area (Å²) in [4.78, 5) is 20.9. The third-order valence-corrected chi connectivity index (χ3v) is 4.71. The van der Waals surface area contributed by atoms with Crippen molar-refractivity contribution in [3.63, 3.8) is 0 Å². The molecule has 8 heteroatoms. The molecule has 1 heterocycles. The third-order valence-electron chi connectivity index (χ3n) is 3.85. The maximum absolute atomic E-state index is 12.1. The highest BCUT2D eigenvalue weighted by atomic mass is 32.1. The van der Waals surface area contributed by atoms with Crippen LogP contribution in [0.4, 0.5) is 0 Å². The summed E-state index contributed by atoms with van der Waals surface area (Å²) in [6, 6.07) is 7.01. The number of aromatic nitrogens is 1. The van der Waals surface area contributed by atoms with Crippen molar-refractivity contribution in [1.82, 2.24) is 20.9 Å². The molecule has 2 aromatic rings. The molecule has 0 radical (unpaired) electrons. The SMILES string of the molecule is CN=C(NCCNC(=O)c1ccc(OC)cc1)NCc1nc(C(C)C)cs1. The molecule has 7 nitrogen and oxygen atoms in total. The summed E-state index contributed by atoms with van der Waals surface area (Å²) < 4.78 is 5.09. The molecule has 0 aliphatic rings. The second-order valence-electron chi connectivity index (χ2n) is 6.16. The Kier molecular flexibility index (Phi) is 8.06. The second kappa shape index (κ2) is 10.5. The van der Waals surface area contributed by atoms with Crippen LogP contribution in [-0.2, 0) is 6.54 Å². The van der Waals surface area contributed by atoms with Crippen LogP contribution >= 0.6 is 11.3 Å². The van der Waals surface area contributed by atoms with Crippen molar-refractivity contribution < 1.29 is 9.53 Å². The van der Waals surface area contributed by atoms with Crippen molar-refractivity contribution in [2.75, 3.05) is 27.2 Å². The van der Waals surface area contributed by atoms with E-state index in [1.807, 2.05) is 0 Å². The molecule has 3 N–H and O–H groups in total. The Morgan fingerprint density at radius 3 is 2.48 bits per heavy atom. The lowest BCUT2D eigenvalue weighted by Crippen LogP contribution is -2.41. The van der Waals surface area contributed by atoms with Gasteiger partial charge < -0.3 is 20.7 Å². The fourth-order valence-electron chi connectivity index (χ4n) is 2.25. The number of carbonyl (C=O) groups excluding carboxylic acids is 1. The van der Waals surface area contributed by atoms with Gasteiger partial charge in [0, 0.05) is 31.1 Å². The first-order valence-electron chi connectivity index (χ1n) is 8.84. The highest BCUT2D eigenvalue weighted by molar-refractivity contribution is 7.09. The van der Waals surface area contributed by atoms with E-state index in [0.717, 1.165) is 16.5 Å². The first-order valence-corrected chi connectivity index (χ1v) is 9.72. The number of nitrogens with one attached hydrogen (secondary N) is 3. The van der Waals surface area contributed by atoms with Gasteiger partial charge in [-0.3, -0.25) is 9.79 Å². The summed E-state index contributed by atoms with van der Waals surface area (Å²) in [6.07, 6.45) is 0. The number of hydrogen-bond acceptors (Lipinski definition) is 5. The van der Waals surface area contributed by atoms with E-state index in [1.165, 1.54) is 0 Å². The highest BCUT2D eigenvalue weighted by Crippen LogP contribution is 2.17. The molecular formula is C19H27N5O2S. The molecule has 2 rings (SSSR count). The molecule has 1 aromatic heterocycles. The molecule has 0 saturated carbocycles. The number of ether oxygens (including phenoxy) is 1. The Labute approximate surface area is 164 Å². The molecule has 0 spiro atoms. The lowest BCUT2D eigenvalue weighted by molar-refractivity contribution is 0.0954. The van der Waals surface area contributed by atoms with Crippen LogP contribution in [0.1, 0.15) is 40.8 Å². The minimum Gasteiger partial charge on any atom is -0.497 e. The molecule has 0 aliphatic heterocycles. The third kappa shape index (κ3) is 6.56. The van der Waals surface area contributed by atoms with Gasteiger partial charge in [0.1, 0.15) is 10.8 Å². The number of aliphatic imine (C=N–C) groups is 1. The first-order chi connectivity index (χ1) is 13.0. The Hall–Kier alpha value is -2.61. The van der Waals surface area contributed by atoms with Gasteiger partial charge >= 0.3 is 0 Å². The number of guanidine groups is 1. The number of benzene rings is 1. The fraction of sp³-hybridized carbons (Fsp3) is 0.421. The lowest BCUT2D eigenvalue weighted by Gasteiger charge is -2.11. The summed E-state index contributed by atoms with van der Waals surface area (Å²) in [7, 11) is 3.31. The Balaban J connectivity index is 1.70. The summed E-state index contributed by atoms with van der Waals surface area (Å²) in [5.74, 6) is 1.71. The van der Waals surface area contributed by atoms with Crippen LogP contribution in [0.15, 0.2) is 34.6 Å². The maximum atomic E-state index is 12.1. The summed E-state index contributed by atoms with van der Waals surface area (Å²) >= 11 is 1.64. The average Bonchev–Trinajstić information content (AvgIpc) is 3.16. The number of hydrogen-bond donors (Lipinski definition) is 3. The van der Waals surface area contributed by atoms with Gasteiger partial charge in [-0.05, 0) is 30.2 Å². The van der Waals surface area contributed by atoms with Gasteiger partial charge in [-0.2, -0.15) is 0 Å². The van der Waals surface area contributed by atoms with Crippen molar-refractivity contribution >= 4 is 23.2 Å². The van der Waals surface area contributed by atoms with Crippen LogP contribution in [0.25, 0.3) is 0 Å². The molecule has 0 bridgehead atoms. The molecular weight excluding hydrogens is 362 g/mol. The molecule has 1 amide bonds. The van der Waals surface area contributed by atoms with Gasteiger partial charge in [0.25, 0.3) is 5.91 Å². The first kappa shape index (κ1) is 20.7. The van der Waals surface area contributed by atoms with E-state index in [1.54, 1.807) is 49.8 Å². The summed E-state index contributed by atoms with van der Waals surface area (Å²) in [5, 5.41) is 12.4. The lowest BCUT2D eigenvalue weighted by atomic mass is 10.2. The van der Waals surface area contributed by atoms with Gasteiger partial charge in [0.15, 0.2) is 5.96 Å². The van der Waals surface area contributed by atoms with Crippen LogP contribution < -0.4 is 20.7 Å². The van der Waals surface area contributed by atoms with Gasteiger partial charge in [0.2, 0.25) is 0 Å². The van der Waals surface area contributed by atoms with Gasteiger partial charge in [0.05, 0.1) is 19.3 Å². The summed E-state index contributed by atoms with van der Waals surface area (Å²) in [5.41, 5.74) is 1.71. The van der Waals surface area contributed by atoms with E-state index < -0.39 is 0 Å². The predicted octanol–water partition coefficient (Wildman–Crippen LogP) is 2.37. The monoisotopic (exact) mass is 389 g/mol. The van der Waals surface area contributed by atoms with Crippen molar-refractivity contribution in [1.29, 1.82) is 0 Å². The fourth-order valence-corrected chi connectivity index (χ4v) is 3.15. The van der Waals surface area contributed by atoms with Crippen molar-refractivity contribution in [2.45, 2.75) is 26.3 Å². The molecule has 0 saturated heterocycles. The zero-order valence-corrected chi connectivity index (χ0v) is 17.0. The van der Waals surface area contributed by atoms with E-state index in [-0.39, 0.29) is 5.91 Å². The normalized spacial score (nSPS) is 11.4. The molecule has 0 fully saturated rings. The molecule has 27 heavy (non-hydrogen) atoms. The smallest absolute Gasteiger partial charge is 0.251 e. The minimum absolute atomic E-state index is 0.119. The van der Waals surface area contributed by atoms with Gasteiger partial charge in [-0.15, -0.1) is 11.3 Å². The average molecular weight is 390 g/mol. The topological polar surface area (TPSA) is 87.6 Å². The molecule has 0 atom stereocenters. The minimum atomic E-state index is -0.119. The van der Waals surface area contributed by atoms with E-state index in [4.69, 9.17) is 4.74 Å². The van der Waals surface area contributed by atoms with Gasteiger partial charge in [-0.25, -0.2) is 4.98 Å². The second-order valence-corrected chi connectivity index (χ2v) is 7.10. The van der Waals surface area contributed by atoms with Crippen molar-refractivity contribution in [3.05, 3.63) is 45.9 Å². The van der Waals surface area contributed by atoms with Crippen molar-refractivity contribution in [3.8, 4) is 5.75 Å². The molecule has 146 valence electrons. The Morgan fingerprint density at radius 2 is 1.89 bits per heavy atom. The Bertz CT molecular complexity index is 756. The molecule has 0 unspecified atom stereocenters. The van der Waals surface area contributed by atoms with Crippen LogP contribution in [0, 0.1) is 0 Å². The van der Waals surface area contributed by atoms with Crippen molar-refractivity contribution in [2.24, 2.45) is 4.99 Å². The Morgan fingerprint density at radius 1 is 1.19 bits per heavy atom. The number of methoxy groups -OCH3 is 1. The van der Waals surface area contributed by atoms with E-state index >= 15 is 0 Å². The molecule has 1 aromatic carbocycles. The zero-order valence-electron chi connectivity index (χ0n) is 16.2. The summed E-state index contributed by atoms with van der Waals surface area (Å²) in [6.45, 7) is 5.94. The standard InChI is InChI=1S/C19H27N5O2S/c1-13(2)16-12-27-17(24-16)11-23-19(20-3)22-10-9-21-18(25)14-5-7-15(26-4)8-6-14/h5-8,12-13H,9-11H2,1-4H3,(H,21,25)(H2,20,22,23). The van der Waals surface area contributed by atoms with Crippen LogP contribution in [0.3, 0.4) is 0 Å². The van der Waals surface area contributed by atoms with Crippen LogP contribution in [0.2, 0.25) is 0 Å². The number of nitrogens with zero attached hydrogens (tertiary/aromatic N) is 2. The maximum Gasteiger partial charge on any atom is 0.251 e. The molecule has 0 aliphatic carbocycles. The highest BCUT2D eigenvalue weighted by Gasteiger charge is 2.07. The number of carbonyl (C=O) groups is 1. The number of rotatable bonds is 8. The quantitative estimate of drug-likeness (QED) is 0.367. The van der Waals surface area contributed by atoms with Gasteiger partial charge in [-0.1, -0.05) is 13.8 Å². The van der Waals surface area contributed by atoms with Crippen LogP contribution in [-0.4, -0.2) is 44.1 Å². The van der Waals surface area contributed by atoms with E-state index in [2.05, 4.69) is 45.2 Å². The van der Waals surface area contributed by atoms with E-state index in [9.17, 15) is 4.79 Å². The predicted molar refractivity (Wildman–Crippen MR) is 110 cm³/mol. The largest absolute Gasteiger partial charge is 0.497 e. The zero-order chi connectivity index (χ0) is 19.6.